The highest BCUT2D eigenvalue weighted by atomic mass is 19.4. The molecule has 104 valence electrons. The zero-order chi connectivity index (χ0) is 14.3. The van der Waals surface area contributed by atoms with Gasteiger partial charge in [0.25, 0.3) is 0 Å². The number of nitrogens with zero attached hydrogens (tertiary/aromatic N) is 2. The minimum Gasteiger partial charge on any atom is -0.394 e. The van der Waals surface area contributed by atoms with Gasteiger partial charge in [-0.05, 0) is 12.1 Å². The van der Waals surface area contributed by atoms with Crippen LogP contribution in [-0.4, -0.2) is 36.5 Å². The average molecular weight is 275 g/mol. The van der Waals surface area contributed by atoms with Crippen LogP contribution in [0.1, 0.15) is 11.3 Å². The molecule has 19 heavy (non-hydrogen) atoms. The van der Waals surface area contributed by atoms with E-state index in [4.69, 9.17) is 15.1 Å². The van der Waals surface area contributed by atoms with Gasteiger partial charge in [-0.3, -0.25) is 0 Å². The molecule has 0 fully saturated rings. The van der Waals surface area contributed by atoms with E-state index in [9.17, 15) is 13.2 Å². The summed E-state index contributed by atoms with van der Waals surface area (Å²) < 4.78 is 42.3. The second-order valence-corrected chi connectivity index (χ2v) is 3.46. The summed E-state index contributed by atoms with van der Waals surface area (Å²) in [5.74, 6) is -0.134. The van der Waals surface area contributed by atoms with Crippen LogP contribution in [0.4, 0.5) is 19.0 Å². The Balaban J connectivity index is 2.72. The highest BCUT2D eigenvalue weighted by molar-refractivity contribution is 5.52. The lowest BCUT2D eigenvalue weighted by Gasteiger charge is -2.11. The molecule has 0 aliphatic heterocycles. The van der Waals surface area contributed by atoms with Crippen molar-refractivity contribution in [3.8, 4) is 6.07 Å². The van der Waals surface area contributed by atoms with Crippen molar-refractivity contribution >= 4 is 5.82 Å². The number of anilines is 1. The maximum atomic E-state index is 12.5. The number of hydrogen-bond acceptors (Lipinski definition) is 5. The zero-order valence-electron chi connectivity index (χ0n) is 9.87. The molecular weight excluding hydrogens is 263 g/mol. The molecule has 2 N–H and O–H groups in total. The Morgan fingerprint density at radius 1 is 1.37 bits per heavy atom. The van der Waals surface area contributed by atoms with E-state index in [1.165, 1.54) is 0 Å². The third-order valence-electron chi connectivity index (χ3n) is 2.08. The van der Waals surface area contributed by atoms with Gasteiger partial charge >= 0.3 is 6.18 Å². The Kier molecular flexibility index (Phi) is 5.54. The molecule has 1 aromatic rings. The van der Waals surface area contributed by atoms with Gasteiger partial charge in [0.1, 0.15) is 17.6 Å². The third kappa shape index (κ3) is 4.73. The molecule has 0 radical (unpaired) electrons. The predicted molar refractivity (Wildman–Crippen MR) is 60.3 cm³/mol. The first-order valence-electron chi connectivity index (χ1n) is 5.40. The van der Waals surface area contributed by atoms with Crippen LogP contribution in [0.5, 0.6) is 0 Å². The number of aromatic nitrogens is 1. The molecule has 1 heterocycles. The number of rotatable bonds is 6. The highest BCUT2D eigenvalue weighted by Gasteiger charge is 2.33. The number of nitrogens with one attached hydrogen (secondary N) is 1. The van der Waals surface area contributed by atoms with Gasteiger partial charge in [0.05, 0.1) is 25.4 Å². The molecule has 0 spiro atoms. The summed E-state index contributed by atoms with van der Waals surface area (Å²) in [4.78, 5) is 3.37. The van der Waals surface area contributed by atoms with Crippen LogP contribution in [0, 0.1) is 11.3 Å². The monoisotopic (exact) mass is 275 g/mol. The van der Waals surface area contributed by atoms with Crippen molar-refractivity contribution in [1.82, 2.24) is 4.98 Å². The Hall–Kier alpha value is -1.85. The quantitative estimate of drug-likeness (QED) is 0.767. The zero-order valence-corrected chi connectivity index (χ0v) is 9.87. The Labute approximate surface area is 107 Å². The standard InChI is InChI=1S/C11H12F3N3O2/c12-11(13,14)9-2-1-8(7-15)10(17-9)16-3-5-19-6-4-18/h1-2,18H,3-6H2,(H,16,17). The lowest BCUT2D eigenvalue weighted by molar-refractivity contribution is -0.141. The molecule has 0 atom stereocenters. The van der Waals surface area contributed by atoms with E-state index in [0.29, 0.717) is 0 Å². The van der Waals surface area contributed by atoms with E-state index < -0.39 is 11.9 Å². The van der Waals surface area contributed by atoms with Crippen molar-refractivity contribution in [3.05, 3.63) is 23.4 Å². The second kappa shape index (κ2) is 6.92. The first-order chi connectivity index (χ1) is 8.99. The molecule has 5 nitrogen and oxygen atoms in total. The maximum absolute atomic E-state index is 12.5. The minimum absolute atomic E-state index is 0.0233. The van der Waals surface area contributed by atoms with E-state index in [2.05, 4.69) is 10.3 Å². The number of aliphatic hydroxyl groups excluding tert-OH is 1. The van der Waals surface area contributed by atoms with Crippen molar-refractivity contribution in [3.63, 3.8) is 0 Å². The number of nitriles is 1. The number of aliphatic hydroxyl groups is 1. The Bertz CT molecular complexity index is 457. The van der Waals surface area contributed by atoms with E-state index in [1.54, 1.807) is 6.07 Å². The summed E-state index contributed by atoms with van der Waals surface area (Å²) in [7, 11) is 0. The fraction of sp³-hybridized carbons (Fsp3) is 0.455. The first-order valence-corrected chi connectivity index (χ1v) is 5.40. The molecule has 0 amide bonds. The SMILES string of the molecule is N#Cc1ccc(C(F)(F)F)nc1NCCOCCO. The number of halogens is 3. The number of hydrogen-bond donors (Lipinski definition) is 2. The summed E-state index contributed by atoms with van der Waals surface area (Å²) in [5, 5.41) is 19.8. The summed E-state index contributed by atoms with van der Waals surface area (Å²) in [6, 6.07) is 3.57. The Morgan fingerprint density at radius 2 is 2.11 bits per heavy atom. The molecule has 0 saturated carbocycles. The van der Waals surface area contributed by atoms with Crippen molar-refractivity contribution < 1.29 is 23.0 Å². The maximum Gasteiger partial charge on any atom is 0.433 e. The number of pyridine rings is 1. The number of ether oxygens (including phenoxy) is 1. The van der Waals surface area contributed by atoms with Gasteiger partial charge in [-0.1, -0.05) is 0 Å². The Morgan fingerprint density at radius 3 is 2.68 bits per heavy atom. The van der Waals surface area contributed by atoms with Crippen molar-refractivity contribution in [2.45, 2.75) is 6.18 Å². The minimum atomic E-state index is -4.56. The lowest BCUT2D eigenvalue weighted by Crippen LogP contribution is -2.15. The van der Waals surface area contributed by atoms with Crippen LogP contribution in [0.3, 0.4) is 0 Å². The van der Waals surface area contributed by atoms with Gasteiger partial charge in [0.2, 0.25) is 0 Å². The summed E-state index contributed by atoms with van der Waals surface area (Å²) in [5.41, 5.74) is -1.04. The highest BCUT2D eigenvalue weighted by Crippen LogP contribution is 2.29. The van der Waals surface area contributed by atoms with E-state index in [0.717, 1.165) is 12.1 Å². The lowest BCUT2D eigenvalue weighted by atomic mass is 10.2. The van der Waals surface area contributed by atoms with Crippen LogP contribution >= 0.6 is 0 Å². The molecule has 0 aliphatic rings. The van der Waals surface area contributed by atoms with Crippen LogP contribution < -0.4 is 5.32 Å². The van der Waals surface area contributed by atoms with Crippen molar-refractivity contribution in [2.24, 2.45) is 0 Å². The van der Waals surface area contributed by atoms with Crippen LogP contribution in [0.2, 0.25) is 0 Å². The van der Waals surface area contributed by atoms with Gasteiger partial charge < -0.3 is 15.2 Å². The molecule has 0 unspecified atom stereocenters. The fourth-order valence-corrected chi connectivity index (χ4v) is 1.25. The molecule has 0 aliphatic carbocycles. The molecule has 0 aromatic carbocycles. The molecular formula is C11H12F3N3O2. The van der Waals surface area contributed by atoms with E-state index in [1.807, 2.05) is 0 Å². The molecule has 1 aromatic heterocycles. The normalized spacial score (nSPS) is 11.1. The first kappa shape index (κ1) is 15.2. The van der Waals surface area contributed by atoms with Gasteiger partial charge in [-0.2, -0.15) is 18.4 Å². The van der Waals surface area contributed by atoms with Crippen molar-refractivity contribution in [1.29, 1.82) is 5.26 Å². The second-order valence-electron chi connectivity index (χ2n) is 3.46. The van der Waals surface area contributed by atoms with Gasteiger partial charge in [0, 0.05) is 6.54 Å². The number of alkyl halides is 3. The molecule has 0 saturated heterocycles. The summed E-state index contributed by atoms with van der Waals surface area (Å²) in [6.07, 6.45) is -4.56. The van der Waals surface area contributed by atoms with Crippen LogP contribution in [-0.2, 0) is 10.9 Å². The van der Waals surface area contributed by atoms with E-state index >= 15 is 0 Å². The van der Waals surface area contributed by atoms with Crippen LogP contribution in [0.25, 0.3) is 0 Å². The molecule has 0 bridgehead atoms. The van der Waals surface area contributed by atoms with Gasteiger partial charge in [0.15, 0.2) is 0 Å². The van der Waals surface area contributed by atoms with E-state index in [-0.39, 0.29) is 37.7 Å². The third-order valence-corrected chi connectivity index (χ3v) is 2.08. The fourth-order valence-electron chi connectivity index (χ4n) is 1.25. The molecule has 8 heteroatoms. The topological polar surface area (TPSA) is 78.2 Å². The smallest absolute Gasteiger partial charge is 0.394 e. The largest absolute Gasteiger partial charge is 0.433 e. The van der Waals surface area contributed by atoms with Crippen LogP contribution in [0.15, 0.2) is 12.1 Å². The van der Waals surface area contributed by atoms with Gasteiger partial charge in [-0.15, -0.1) is 0 Å². The average Bonchev–Trinajstić information content (AvgIpc) is 2.37. The van der Waals surface area contributed by atoms with Gasteiger partial charge in [-0.25, -0.2) is 4.98 Å². The van der Waals surface area contributed by atoms with Crippen molar-refractivity contribution in [2.75, 3.05) is 31.7 Å². The molecule has 1 rings (SSSR count). The summed E-state index contributed by atoms with van der Waals surface area (Å²) in [6.45, 7) is 0.375. The predicted octanol–water partition coefficient (Wildman–Crippen LogP) is 1.39. The summed E-state index contributed by atoms with van der Waals surface area (Å²) >= 11 is 0.